The molecule has 1 heterocycles. The highest BCUT2D eigenvalue weighted by Gasteiger charge is 2.14. The van der Waals surface area contributed by atoms with E-state index in [1.165, 1.54) is 0 Å². The summed E-state index contributed by atoms with van der Waals surface area (Å²) in [7, 11) is 1.86. The summed E-state index contributed by atoms with van der Waals surface area (Å²) >= 11 is 0. The maximum absolute atomic E-state index is 11.3. The summed E-state index contributed by atoms with van der Waals surface area (Å²) in [5.41, 5.74) is 1.93. The second-order valence-electron chi connectivity index (χ2n) is 4.69. The molecule has 0 atom stereocenters. The molecule has 4 heteroatoms. The zero-order valence-electron chi connectivity index (χ0n) is 11.3. The summed E-state index contributed by atoms with van der Waals surface area (Å²) in [5, 5.41) is 9.26. The number of anilines is 1. The number of benzene rings is 1. The van der Waals surface area contributed by atoms with Crippen molar-refractivity contribution in [3.63, 3.8) is 0 Å². The van der Waals surface area contributed by atoms with Crippen molar-refractivity contribution in [2.75, 3.05) is 11.9 Å². The zero-order chi connectivity index (χ0) is 14.0. The molecule has 1 aromatic carbocycles. The van der Waals surface area contributed by atoms with E-state index in [-0.39, 0.29) is 0 Å². The lowest BCUT2D eigenvalue weighted by atomic mass is 10.1. The summed E-state index contributed by atoms with van der Waals surface area (Å²) in [6.07, 6.45) is 0. The number of hydrogen-bond acceptors (Lipinski definition) is 3. The van der Waals surface area contributed by atoms with Gasteiger partial charge in [-0.05, 0) is 38.1 Å². The Morgan fingerprint density at radius 3 is 2.58 bits per heavy atom. The fourth-order valence-corrected chi connectivity index (χ4v) is 2.04. The Bertz CT molecular complexity index is 601. The lowest BCUT2D eigenvalue weighted by Crippen LogP contribution is -2.19. The van der Waals surface area contributed by atoms with Crippen LogP contribution in [0.4, 0.5) is 5.69 Å². The van der Waals surface area contributed by atoms with Crippen molar-refractivity contribution in [2.24, 2.45) is 0 Å². The van der Waals surface area contributed by atoms with Gasteiger partial charge in [0.1, 0.15) is 11.5 Å². The molecule has 0 saturated carbocycles. The van der Waals surface area contributed by atoms with Gasteiger partial charge >= 0.3 is 5.97 Å². The molecule has 1 N–H and O–H groups in total. The minimum atomic E-state index is -0.916. The molecule has 100 valence electrons. The van der Waals surface area contributed by atoms with Gasteiger partial charge in [-0.2, -0.15) is 0 Å². The Hall–Kier alpha value is -2.23. The average molecular weight is 259 g/mol. The van der Waals surface area contributed by atoms with Gasteiger partial charge in [-0.1, -0.05) is 11.6 Å². The van der Waals surface area contributed by atoms with E-state index in [0.717, 1.165) is 17.1 Å². The van der Waals surface area contributed by atoms with Crippen LogP contribution >= 0.6 is 0 Å². The summed E-state index contributed by atoms with van der Waals surface area (Å²) in [5.74, 6) is 0.754. The van der Waals surface area contributed by atoms with Crippen molar-refractivity contribution in [1.82, 2.24) is 0 Å². The molecule has 0 bridgehead atoms. The number of hydrogen-bond donors (Lipinski definition) is 1. The molecule has 0 amide bonds. The fraction of sp³-hybridized carbons (Fsp3) is 0.267. The maximum Gasteiger partial charge on any atom is 0.337 e. The molecule has 0 aliphatic heterocycles. The third kappa shape index (κ3) is 2.96. The molecule has 0 unspecified atom stereocenters. The number of carboxylic acid groups (broad SMARTS) is 1. The predicted octanol–water partition coefficient (Wildman–Crippen LogP) is 3.23. The van der Waals surface area contributed by atoms with Crippen molar-refractivity contribution >= 4 is 11.7 Å². The SMILES string of the molecule is Cc1ccc(N(C)Cc2ccc(C)o2)c(C(=O)O)c1. The largest absolute Gasteiger partial charge is 0.478 e. The molecule has 1 aromatic heterocycles. The van der Waals surface area contributed by atoms with Gasteiger partial charge in [0.2, 0.25) is 0 Å². The molecule has 4 nitrogen and oxygen atoms in total. The Kier molecular flexibility index (Phi) is 3.60. The van der Waals surface area contributed by atoms with Crippen molar-refractivity contribution in [3.05, 3.63) is 53.0 Å². The highest BCUT2D eigenvalue weighted by Crippen LogP contribution is 2.23. The van der Waals surface area contributed by atoms with Gasteiger partial charge in [-0.3, -0.25) is 0 Å². The van der Waals surface area contributed by atoms with Crippen LogP contribution in [0.5, 0.6) is 0 Å². The molecule has 0 aliphatic carbocycles. The highest BCUT2D eigenvalue weighted by atomic mass is 16.4. The van der Waals surface area contributed by atoms with Crippen molar-refractivity contribution in [2.45, 2.75) is 20.4 Å². The average Bonchev–Trinajstić information content (AvgIpc) is 2.74. The standard InChI is InChI=1S/C15H17NO3/c1-10-4-7-14(13(8-10)15(17)18)16(3)9-12-6-5-11(2)19-12/h4-8H,9H2,1-3H3,(H,17,18). The third-order valence-electron chi connectivity index (χ3n) is 2.98. The summed E-state index contributed by atoms with van der Waals surface area (Å²) < 4.78 is 5.51. The number of carboxylic acids is 1. The lowest BCUT2D eigenvalue weighted by Gasteiger charge is -2.20. The van der Waals surface area contributed by atoms with Crippen molar-refractivity contribution in [1.29, 1.82) is 0 Å². The van der Waals surface area contributed by atoms with E-state index in [0.29, 0.717) is 17.8 Å². The maximum atomic E-state index is 11.3. The van der Waals surface area contributed by atoms with Crippen LogP contribution in [-0.2, 0) is 6.54 Å². The molecule has 0 radical (unpaired) electrons. The van der Waals surface area contributed by atoms with Crippen LogP contribution in [-0.4, -0.2) is 18.1 Å². The minimum Gasteiger partial charge on any atom is -0.478 e. The third-order valence-corrected chi connectivity index (χ3v) is 2.98. The Balaban J connectivity index is 2.28. The van der Waals surface area contributed by atoms with Crippen molar-refractivity contribution in [3.8, 4) is 0 Å². The van der Waals surface area contributed by atoms with Crippen LogP contribution in [0, 0.1) is 13.8 Å². The Labute approximate surface area is 112 Å². The van der Waals surface area contributed by atoms with E-state index in [9.17, 15) is 9.90 Å². The first kappa shape index (κ1) is 13.2. The molecule has 0 aliphatic rings. The normalized spacial score (nSPS) is 10.5. The second-order valence-corrected chi connectivity index (χ2v) is 4.69. The molecule has 2 rings (SSSR count). The molecular formula is C15H17NO3. The second kappa shape index (κ2) is 5.18. The highest BCUT2D eigenvalue weighted by molar-refractivity contribution is 5.94. The van der Waals surface area contributed by atoms with E-state index >= 15 is 0 Å². The van der Waals surface area contributed by atoms with Crippen LogP contribution in [0.25, 0.3) is 0 Å². The molecule has 0 spiro atoms. The quantitative estimate of drug-likeness (QED) is 0.915. The Morgan fingerprint density at radius 2 is 2.00 bits per heavy atom. The van der Waals surface area contributed by atoms with Crippen molar-refractivity contribution < 1.29 is 14.3 Å². The molecule has 2 aromatic rings. The smallest absolute Gasteiger partial charge is 0.337 e. The van der Waals surface area contributed by atoms with Gasteiger partial charge in [0.15, 0.2) is 0 Å². The van der Waals surface area contributed by atoms with Crippen LogP contribution in [0.1, 0.15) is 27.4 Å². The molecule has 0 fully saturated rings. The van der Waals surface area contributed by atoms with Crippen LogP contribution < -0.4 is 4.90 Å². The lowest BCUT2D eigenvalue weighted by molar-refractivity contribution is 0.0697. The molecule has 0 saturated heterocycles. The number of furan rings is 1. The molecular weight excluding hydrogens is 242 g/mol. The topological polar surface area (TPSA) is 53.7 Å². The number of rotatable bonds is 4. The fourth-order valence-electron chi connectivity index (χ4n) is 2.04. The first-order valence-electron chi connectivity index (χ1n) is 6.08. The zero-order valence-corrected chi connectivity index (χ0v) is 11.3. The summed E-state index contributed by atoms with van der Waals surface area (Å²) in [4.78, 5) is 13.2. The van der Waals surface area contributed by atoms with E-state index in [2.05, 4.69) is 0 Å². The predicted molar refractivity (Wildman–Crippen MR) is 73.7 cm³/mol. The van der Waals surface area contributed by atoms with Gasteiger partial charge in [0, 0.05) is 7.05 Å². The van der Waals surface area contributed by atoms with E-state index < -0.39 is 5.97 Å². The van der Waals surface area contributed by atoms with Crippen LogP contribution in [0.15, 0.2) is 34.7 Å². The van der Waals surface area contributed by atoms with Gasteiger partial charge in [0.25, 0.3) is 0 Å². The summed E-state index contributed by atoms with van der Waals surface area (Å²) in [6.45, 7) is 4.31. The van der Waals surface area contributed by atoms with E-state index in [1.54, 1.807) is 6.07 Å². The Morgan fingerprint density at radius 1 is 1.26 bits per heavy atom. The van der Waals surface area contributed by atoms with E-state index in [4.69, 9.17) is 4.42 Å². The minimum absolute atomic E-state index is 0.311. The van der Waals surface area contributed by atoms with Gasteiger partial charge < -0.3 is 14.4 Å². The summed E-state index contributed by atoms with van der Waals surface area (Å²) in [6, 6.07) is 9.22. The van der Waals surface area contributed by atoms with Gasteiger partial charge in [0.05, 0.1) is 17.8 Å². The number of nitrogens with zero attached hydrogens (tertiary/aromatic N) is 1. The molecule has 19 heavy (non-hydrogen) atoms. The van der Waals surface area contributed by atoms with Crippen LogP contribution in [0.3, 0.4) is 0 Å². The first-order valence-corrected chi connectivity index (χ1v) is 6.08. The number of aromatic carboxylic acids is 1. The first-order chi connectivity index (χ1) is 8.97. The van der Waals surface area contributed by atoms with Gasteiger partial charge in [-0.15, -0.1) is 0 Å². The van der Waals surface area contributed by atoms with Crippen LogP contribution in [0.2, 0.25) is 0 Å². The monoisotopic (exact) mass is 259 g/mol. The van der Waals surface area contributed by atoms with E-state index in [1.807, 2.05) is 50.1 Å². The number of aryl methyl sites for hydroxylation is 2. The number of carbonyl (C=O) groups is 1. The van der Waals surface area contributed by atoms with Gasteiger partial charge in [-0.25, -0.2) is 4.79 Å².